The van der Waals surface area contributed by atoms with Gasteiger partial charge in [0, 0.05) is 5.57 Å². The molecule has 0 saturated heterocycles. The summed E-state index contributed by atoms with van der Waals surface area (Å²) in [5.74, 6) is 0.155. The average molecular weight is 179 g/mol. The van der Waals surface area contributed by atoms with Crippen LogP contribution in [0, 0.1) is 5.92 Å². The molecule has 0 aromatic heterocycles. The first-order valence-electron chi connectivity index (χ1n) is 4.41. The van der Waals surface area contributed by atoms with Gasteiger partial charge in [-0.05, 0) is 18.5 Å². The molecule has 0 radical (unpaired) electrons. The van der Waals surface area contributed by atoms with E-state index in [1.54, 1.807) is 12.2 Å². The Morgan fingerprint density at radius 2 is 2.15 bits per heavy atom. The Labute approximate surface area is 80.0 Å². The van der Waals surface area contributed by atoms with Crippen LogP contribution in [0.25, 0.3) is 0 Å². The highest BCUT2D eigenvalue weighted by Gasteiger charge is 2.12. The highest BCUT2D eigenvalue weighted by atomic mass is 16.1. The molecule has 1 amide bonds. The fourth-order valence-corrected chi connectivity index (χ4v) is 0.987. The van der Waals surface area contributed by atoms with Crippen LogP contribution >= 0.6 is 0 Å². The van der Waals surface area contributed by atoms with Crippen molar-refractivity contribution in [1.29, 1.82) is 0 Å². The maximum absolute atomic E-state index is 11.4. The molecule has 0 heterocycles. The predicted octanol–water partition coefficient (Wildman–Crippen LogP) is 2.40. The van der Waals surface area contributed by atoms with Gasteiger partial charge in [-0.2, -0.15) is 0 Å². The van der Waals surface area contributed by atoms with Crippen molar-refractivity contribution >= 4 is 5.91 Å². The molecule has 0 fully saturated rings. The van der Waals surface area contributed by atoms with E-state index in [2.05, 4.69) is 18.5 Å². The Hall–Kier alpha value is -1.31. The van der Waals surface area contributed by atoms with E-state index in [0.717, 1.165) is 12.0 Å². The van der Waals surface area contributed by atoms with Crippen molar-refractivity contribution in [2.75, 3.05) is 0 Å². The lowest BCUT2D eigenvalue weighted by Gasteiger charge is -2.11. The van der Waals surface area contributed by atoms with Gasteiger partial charge in [0.05, 0.1) is 0 Å². The first kappa shape index (κ1) is 11.7. The fourth-order valence-electron chi connectivity index (χ4n) is 0.987. The molecular weight excluding hydrogens is 162 g/mol. The monoisotopic (exact) mass is 179 g/mol. The second-order valence-electron chi connectivity index (χ2n) is 2.84. The highest BCUT2D eigenvalue weighted by Crippen LogP contribution is 2.14. The number of amides is 1. The van der Waals surface area contributed by atoms with Crippen molar-refractivity contribution in [3.05, 3.63) is 37.1 Å². The second kappa shape index (κ2) is 6.23. The van der Waals surface area contributed by atoms with Crippen LogP contribution in [0.3, 0.4) is 0 Å². The Balaban J connectivity index is 4.60. The van der Waals surface area contributed by atoms with Gasteiger partial charge in [0.2, 0.25) is 0 Å². The summed E-state index contributed by atoms with van der Waals surface area (Å²) in [6.07, 6.45) is 5.70. The van der Waals surface area contributed by atoms with E-state index >= 15 is 0 Å². The van der Waals surface area contributed by atoms with Crippen LogP contribution in [-0.4, -0.2) is 5.91 Å². The summed E-state index contributed by atoms with van der Waals surface area (Å²) in [7, 11) is 0. The molecule has 0 spiro atoms. The molecule has 13 heavy (non-hydrogen) atoms. The number of hydrogen-bond acceptors (Lipinski definition) is 1. The molecule has 0 aliphatic rings. The van der Waals surface area contributed by atoms with Gasteiger partial charge in [-0.3, -0.25) is 4.79 Å². The summed E-state index contributed by atoms with van der Waals surface area (Å²) < 4.78 is 0. The van der Waals surface area contributed by atoms with E-state index < -0.39 is 0 Å². The van der Waals surface area contributed by atoms with E-state index in [4.69, 9.17) is 0 Å². The average Bonchev–Trinajstić information content (AvgIpc) is 2.13. The van der Waals surface area contributed by atoms with Crippen LogP contribution in [0.2, 0.25) is 0 Å². The quantitative estimate of drug-likeness (QED) is 0.509. The van der Waals surface area contributed by atoms with E-state index in [0.29, 0.717) is 0 Å². The minimum Gasteiger partial charge on any atom is -0.329 e. The Bertz CT molecular complexity index is 228. The minimum atomic E-state index is -0.0933. The normalized spacial score (nSPS) is 13.2. The lowest BCUT2D eigenvalue weighted by atomic mass is 9.97. The van der Waals surface area contributed by atoms with E-state index in [9.17, 15) is 4.79 Å². The Morgan fingerprint density at radius 3 is 2.54 bits per heavy atom. The molecule has 72 valence electrons. The first-order chi connectivity index (χ1) is 6.17. The summed E-state index contributed by atoms with van der Waals surface area (Å²) in [4.78, 5) is 11.4. The van der Waals surface area contributed by atoms with Crippen LogP contribution < -0.4 is 5.32 Å². The summed E-state index contributed by atoms with van der Waals surface area (Å²) in [5.41, 5.74) is 0.748. The van der Waals surface area contributed by atoms with E-state index in [1.807, 2.05) is 13.8 Å². The predicted molar refractivity (Wildman–Crippen MR) is 56.1 cm³/mol. The Morgan fingerprint density at radius 1 is 1.54 bits per heavy atom. The molecule has 0 aliphatic carbocycles. The van der Waals surface area contributed by atoms with Crippen molar-refractivity contribution in [2.24, 2.45) is 5.92 Å². The molecule has 2 heteroatoms. The van der Waals surface area contributed by atoms with Gasteiger partial charge in [0.15, 0.2) is 0 Å². The standard InChI is InChI=1S/C11H17NO/c1-5-8-10(9(4)6-2)11(13)12-7-3/h5,7-9H,1,3,6H2,2,4H3,(H,12,13)/b10-8-. The number of hydrogen-bond donors (Lipinski definition) is 1. The Kier molecular flexibility index (Phi) is 5.60. The van der Waals surface area contributed by atoms with Crippen LogP contribution in [0.5, 0.6) is 0 Å². The van der Waals surface area contributed by atoms with Crippen molar-refractivity contribution < 1.29 is 4.79 Å². The van der Waals surface area contributed by atoms with Crippen molar-refractivity contribution in [3.63, 3.8) is 0 Å². The summed E-state index contributed by atoms with van der Waals surface area (Å²) in [6.45, 7) is 11.1. The van der Waals surface area contributed by atoms with Gasteiger partial charge < -0.3 is 5.32 Å². The third kappa shape index (κ3) is 3.74. The van der Waals surface area contributed by atoms with Gasteiger partial charge in [-0.15, -0.1) is 0 Å². The molecule has 1 unspecified atom stereocenters. The summed E-state index contributed by atoms with van der Waals surface area (Å²) in [5, 5.41) is 2.55. The minimum absolute atomic E-state index is 0.0933. The molecule has 0 rings (SSSR count). The third-order valence-electron chi connectivity index (χ3n) is 1.94. The highest BCUT2D eigenvalue weighted by molar-refractivity contribution is 5.94. The van der Waals surface area contributed by atoms with Gasteiger partial charge in [0.1, 0.15) is 0 Å². The zero-order valence-electron chi connectivity index (χ0n) is 8.34. The summed E-state index contributed by atoms with van der Waals surface area (Å²) in [6, 6.07) is 0. The van der Waals surface area contributed by atoms with Crippen molar-refractivity contribution in [1.82, 2.24) is 5.32 Å². The molecular formula is C11H17NO. The molecule has 1 N–H and O–H groups in total. The fraction of sp³-hybridized carbons (Fsp3) is 0.364. The number of carbonyl (C=O) groups excluding carboxylic acids is 1. The van der Waals surface area contributed by atoms with Crippen molar-refractivity contribution in [2.45, 2.75) is 20.3 Å². The topological polar surface area (TPSA) is 29.1 Å². The van der Waals surface area contributed by atoms with Crippen LogP contribution in [0.1, 0.15) is 20.3 Å². The van der Waals surface area contributed by atoms with Gasteiger partial charge >= 0.3 is 0 Å². The van der Waals surface area contributed by atoms with Crippen LogP contribution in [0.4, 0.5) is 0 Å². The number of carbonyl (C=O) groups is 1. The molecule has 1 atom stereocenters. The summed E-state index contributed by atoms with van der Waals surface area (Å²) >= 11 is 0. The molecule has 0 aromatic rings. The largest absolute Gasteiger partial charge is 0.329 e. The molecule has 0 aromatic carbocycles. The SMILES string of the molecule is C=C/C=C(\C(=O)NC=C)C(C)CC. The van der Waals surface area contributed by atoms with Crippen molar-refractivity contribution in [3.8, 4) is 0 Å². The zero-order valence-corrected chi connectivity index (χ0v) is 8.34. The smallest absolute Gasteiger partial charge is 0.251 e. The molecule has 0 aliphatic heterocycles. The zero-order chi connectivity index (χ0) is 10.3. The molecule has 0 saturated carbocycles. The van der Waals surface area contributed by atoms with Crippen LogP contribution in [0.15, 0.2) is 37.1 Å². The number of rotatable bonds is 5. The maximum atomic E-state index is 11.4. The lowest BCUT2D eigenvalue weighted by Crippen LogP contribution is -2.22. The van der Waals surface area contributed by atoms with Crippen LogP contribution in [-0.2, 0) is 4.79 Å². The third-order valence-corrected chi connectivity index (χ3v) is 1.94. The number of nitrogens with one attached hydrogen (secondary N) is 1. The second-order valence-corrected chi connectivity index (χ2v) is 2.84. The van der Waals surface area contributed by atoms with E-state index in [1.165, 1.54) is 6.20 Å². The van der Waals surface area contributed by atoms with E-state index in [-0.39, 0.29) is 11.8 Å². The molecule has 2 nitrogen and oxygen atoms in total. The first-order valence-corrected chi connectivity index (χ1v) is 4.41. The molecule has 0 bridgehead atoms. The van der Waals surface area contributed by atoms with Gasteiger partial charge in [-0.25, -0.2) is 0 Å². The number of allylic oxidation sites excluding steroid dienone is 2. The van der Waals surface area contributed by atoms with Gasteiger partial charge in [-0.1, -0.05) is 39.2 Å². The van der Waals surface area contributed by atoms with Gasteiger partial charge in [0.25, 0.3) is 5.91 Å². The lowest BCUT2D eigenvalue weighted by molar-refractivity contribution is -0.117. The maximum Gasteiger partial charge on any atom is 0.251 e.